The molecule has 29 heavy (non-hydrogen) atoms. The maximum atomic E-state index is 13.7. The number of halogens is 5. The minimum atomic E-state index is -4.74. The summed E-state index contributed by atoms with van der Waals surface area (Å²) in [6.07, 6.45) is -3.97. The molecule has 0 radical (unpaired) electrons. The van der Waals surface area contributed by atoms with Gasteiger partial charge in [-0.3, -0.25) is 5.73 Å². The lowest BCUT2D eigenvalue weighted by atomic mass is 9.91. The number of ether oxygens (including phenoxy) is 2. The molecule has 0 fully saturated rings. The SMILES string of the molecule is NC1(c2ccc3c(c2)OCO3)N=C(Nc2cccc(Cl)c2Cl)NC=C1C(F)(F)F. The smallest absolute Gasteiger partial charge is 0.418 e. The third-order valence-electron chi connectivity index (χ3n) is 4.37. The number of nitrogens with one attached hydrogen (secondary N) is 2. The molecule has 0 bridgehead atoms. The maximum absolute atomic E-state index is 13.7. The second-order valence-corrected chi connectivity index (χ2v) is 7.01. The summed E-state index contributed by atoms with van der Waals surface area (Å²) < 4.78 is 51.5. The first-order valence-electron chi connectivity index (χ1n) is 8.23. The highest BCUT2D eigenvalue weighted by Gasteiger charge is 2.49. The first-order valence-corrected chi connectivity index (χ1v) is 8.98. The standard InChI is InChI=1S/C18H13Cl2F3N4O2/c19-10-2-1-3-11(15(10)20)26-16-25-7-14(18(21,22)23)17(24,27-16)9-4-5-12-13(6-9)29-8-28-12/h1-7H,8,24H2,(H2,25,26,27). The van der Waals surface area contributed by atoms with Crippen molar-refractivity contribution in [2.45, 2.75) is 11.8 Å². The summed E-state index contributed by atoms with van der Waals surface area (Å²) >= 11 is 12.1. The van der Waals surface area contributed by atoms with Crippen LogP contribution >= 0.6 is 23.2 Å². The molecular weight excluding hydrogens is 432 g/mol. The van der Waals surface area contributed by atoms with Crippen molar-refractivity contribution in [3.8, 4) is 11.5 Å². The van der Waals surface area contributed by atoms with Gasteiger partial charge in [0, 0.05) is 11.8 Å². The number of aliphatic imine (C=N–C) groups is 1. The minimum Gasteiger partial charge on any atom is -0.454 e. The molecule has 2 aromatic carbocycles. The topological polar surface area (TPSA) is 80.9 Å². The fourth-order valence-corrected chi connectivity index (χ4v) is 3.31. The fourth-order valence-electron chi connectivity index (χ4n) is 2.96. The lowest BCUT2D eigenvalue weighted by Gasteiger charge is -2.34. The molecule has 6 nitrogen and oxygen atoms in total. The molecule has 0 aromatic heterocycles. The Morgan fingerprint density at radius 1 is 1.14 bits per heavy atom. The van der Waals surface area contributed by atoms with Crippen LogP contribution in [0.3, 0.4) is 0 Å². The molecule has 0 amide bonds. The Morgan fingerprint density at radius 3 is 2.66 bits per heavy atom. The molecule has 2 aliphatic heterocycles. The first kappa shape index (κ1) is 19.7. The van der Waals surface area contributed by atoms with E-state index in [1.165, 1.54) is 18.2 Å². The van der Waals surface area contributed by atoms with E-state index in [4.69, 9.17) is 38.4 Å². The van der Waals surface area contributed by atoms with Crippen LogP contribution in [-0.4, -0.2) is 18.9 Å². The van der Waals surface area contributed by atoms with Crippen molar-refractivity contribution in [1.29, 1.82) is 0 Å². The van der Waals surface area contributed by atoms with Gasteiger partial charge in [0.15, 0.2) is 17.2 Å². The van der Waals surface area contributed by atoms with Crippen molar-refractivity contribution in [1.82, 2.24) is 5.32 Å². The molecule has 0 saturated heterocycles. The van der Waals surface area contributed by atoms with Gasteiger partial charge >= 0.3 is 6.18 Å². The van der Waals surface area contributed by atoms with Crippen LogP contribution in [0.4, 0.5) is 18.9 Å². The van der Waals surface area contributed by atoms with E-state index in [0.717, 1.165) is 6.20 Å². The van der Waals surface area contributed by atoms with Crippen LogP contribution in [0.5, 0.6) is 11.5 Å². The quantitative estimate of drug-likeness (QED) is 0.641. The highest BCUT2D eigenvalue weighted by atomic mass is 35.5. The van der Waals surface area contributed by atoms with E-state index in [1.807, 2.05) is 0 Å². The van der Waals surface area contributed by atoms with E-state index in [1.54, 1.807) is 18.2 Å². The van der Waals surface area contributed by atoms with Crippen LogP contribution < -0.4 is 25.8 Å². The van der Waals surface area contributed by atoms with Gasteiger partial charge in [0.05, 0.1) is 21.3 Å². The normalized spacial score (nSPS) is 20.6. The van der Waals surface area contributed by atoms with Crippen LogP contribution in [0.1, 0.15) is 5.56 Å². The van der Waals surface area contributed by atoms with Gasteiger partial charge in [0.1, 0.15) is 0 Å². The highest BCUT2D eigenvalue weighted by molar-refractivity contribution is 6.44. The second-order valence-electron chi connectivity index (χ2n) is 6.22. The van der Waals surface area contributed by atoms with Gasteiger partial charge in [-0.05, 0) is 24.3 Å². The third-order valence-corrected chi connectivity index (χ3v) is 5.19. The zero-order valence-corrected chi connectivity index (χ0v) is 16.0. The predicted molar refractivity (Wildman–Crippen MR) is 103 cm³/mol. The Labute approximate surface area is 173 Å². The van der Waals surface area contributed by atoms with Gasteiger partial charge < -0.3 is 20.1 Å². The summed E-state index contributed by atoms with van der Waals surface area (Å²) in [5.74, 6) is 0.661. The molecule has 1 atom stereocenters. The van der Waals surface area contributed by atoms with Crippen molar-refractivity contribution < 1.29 is 22.6 Å². The Balaban J connectivity index is 1.77. The summed E-state index contributed by atoms with van der Waals surface area (Å²) in [4.78, 5) is 4.11. The van der Waals surface area contributed by atoms with E-state index in [-0.39, 0.29) is 34.1 Å². The van der Waals surface area contributed by atoms with E-state index in [0.29, 0.717) is 11.4 Å². The Bertz CT molecular complexity index is 1040. The van der Waals surface area contributed by atoms with Gasteiger partial charge in [0.2, 0.25) is 12.8 Å². The first-order chi connectivity index (χ1) is 13.7. The largest absolute Gasteiger partial charge is 0.454 e. The predicted octanol–water partition coefficient (Wildman–Crippen LogP) is 4.35. The van der Waals surface area contributed by atoms with E-state index >= 15 is 0 Å². The molecule has 11 heteroatoms. The van der Waals surface area contributed by atoms with Crippen molar-refractivity contribution in [3.05, 3.63) is 63.8 Å². The molecule has 2 aliphatic rings. The average Bonchev–Trinajstić information content (AvgIpc) is 3.12. The number of alkyl halides is 3. The number of guanidine groups is 1. The second kappa shape index (κ2) is 7.01. The van der Waals surface area contributed by atoms with Crippen LogP contribution in [0.15, 0.2) is 53.2 Å². The van der Waals surface area contributed by atoms with Gasteiger partial charge in [-0.1, -0.05) is 35.3 Å². The van der Waals surface area contributed by atoms with E-state index in [9.17, 15) is 13.2 Å². The number of rotatable bonds is 2. The van der Waals surface area contributed by atoms with Crippen LogP contribution in [0, 0.1) is 0 Å². The zero-order chi connectivity index (χ0) is 20.8. The van der Waals surface area contributed by atoms with Crippen LogP contribution in [-0.2, 0) is 5.66 Å². The molecule has 0 spiro atoms. The Hall–Kier alpha value is -2.62. The average molecular weight is 445 g/mol. The number of fused-ring (bicyclic) bond motifs is 1. The molecule has 4 rings (SSSR count). The number of nitrogens with two attached hydrogens (primary N) is 1. The monoisotopic (exact) mass is 444 g/mol. The number of hydrogen-bond donors (Lipinski definition) is 3. The number of hydrogen-bond acceptors (Lipinski definition) is 6. The van der Waals surface area contributed by atoms with Crippen molar-refractivity contribution in [2.24, 2.45) is 10.7 Å². The van der Waals surface area contributed by atoms with Gasteiger partial charge in [0.25, 0.3) is 0 Å². The lowest BCUT2D eigenvalue weighted by Crippen LogP contribution is -2.49. The fraction of sp³-hybridized carbons (Fsp3) is 0.167. The summed E-state index contributed by atoms with van der Waals surface area (Å²) in [5, 5.41) is 5.74. The van der Waals surface area contributed by atoms with E-state index in [2.05, 4.69) is 15.6 Å². The number of anilines is 1. The summed E-state index contributed by atoms with van der Waals surface area (Å²) in [5.41, 5.74) is 3.31. The van der Waals surface area contributed by atoms with Crippen LogP contribution in [0.25, 0.3) is 0 Å². The van der Waals surface area contributed by atoms with E-state index < -0.39 is 17.4 Å². The van der Waals surface area contributed by atoms with Crippen molar-refractivity contribution in [3.63, 3.8) is 0 Å². The van der Waals surface area contributed by atoms with Crippen molar-refractivity contribution >= 4 is 34.8 Å². The summed E-state index contributed by atoms with van der Waals surface area (Å²) in [7, 11) is 0. The number of nitrogens with zero attached hydrogens (tertiary/aromatic N) is 1. The van der Waals surface area contributed by atoms with Gasteiger partial charge in [-0.25, -0.2) is 4.99 Å². The zero-order valence-electron chi connectivity index (χ0n) is 14.5. The van der Waals surface area contributed by atoms with Gasteiger partial charge in [-0.2, -0.15) is 13.2 Å². The molecule has 4 N–H and O–H groups in total. The molecule has 0 aliphatic carbocycles. The summed E-state index contributed by atoms with van der Waals surface area (Å²) in [6, 6.07) is 9.07. The molecule has 1 unspecified atom stereocenters. The molecule has 152 valence electrons. The molecule has 2 heterocycles. The lowest BCUT2D eigenvalue weighted by molar-refractivity contribution is -0.102. The molecular formula is C18H13Cl2F3N4O2. The summed E-state index contributed by atoms with van der Waals surface area (Å²) in [6.45, 7) is -0.0246. The highest BCUT2D eigenvalue weighted by Crippen LogP contribution is 2.43. The molecule has 0 saturated carbocycles. The number of benzene rings is 2. The third kappa shape index (κ3) is 3.57. The van der Waals surface area contributed by atoms with Gasteiger partial charge in [-0.15, -0.1) is 0 Å². The molecule has 2 aromatic rings. The van der Waals surface area contributed by atoms with Crippen LogP contribution in [0.2, 0.25) is 10.0 Å². The Morgan fingerprint density at radius 2 is 1.90 bits per heavy atom. The van der Waals surface area contributed by atoms with Crippen molar-refractivity contribution in [2.75, 3.05) is 12.1 Å². The maximum Gasteiger partial charge on any atom is 0.418 e. The Kier molecular flexibility index (Phi) is 4.76. The minimum absolute atomic E-state index is 0.0246.